The SMILES string of the molecule is CC(C)(C)NC(=O)c1cncc(Nc2cc(C(F)(F)F)ccc2Cl)c1. The first-order valence-corrected chi connectivity index (χ1v) is 7.75. The summed E-state index contributed by atoms with van der Waals surface area (Å²) in [5.74, 6) is -0.334. The van der Waals surface area contributed by atoms with E-state index in [2.05, 4.69) is 15.6 Å². The van der Waals surface area contributed by atoms with Crippen molar-refractivity contribution in [3.05, 3.63) is 52.8 Å². The fraction of sp³-hybridized carbons (Fsp3) is 0.294. The Bertz CT molecular complexity index is 785. The van der Waals surface area contributed by atoms with E-state index in [4.69, 9.17) is 11.6 Å². The van der Waals surface area contributed by atoms with Gasteiger partial charge in [0.2, 0.25) is 0 Å². The lowest BCUT2D eigenvalue weighted by atomic mass is 10.1. The minimum Gasteiger partial charge on any atom is -0.353 e. The van der Waals surface area contributed by atoms with Crippen molar-refractivity contribution in [1.29, 1.82) is 0 Å². The molecular formula is C17H17ClF3N3O. The molecule has 134 valence electrons. The summed E-state index contributed by atoms with van der Waals surface area (Å²) in [7, 11) is 0. The van der Waals surface area contributed by atoms with Crippen LogP contribution in [-0.2, 0) is 6.18 Å². The van der Waals surface area contributed by atoms with Gasteiger partial charge in [0.05, 0.1) is 33.7 Å². The predicted octanol–water partition coefficient (Wildman–Crippen LogP) is 5.03. The van der Waals surface area contributed by atoms with Gasteiger partial charge < -0.3 is 10.6 Å². The second-order valence-corrected chi connectivity index (χ2v) is 6.89. The maximum Gasteiger partial charge on any atom is 0.416 e. The maximum absolute atomic E-state index is 12.8. The van der Waals surface area contributed by atoms with E-state index in [1.165, 1.54) is 18.5 Å². The van der Waals surface area contributed by atoms with E-state index < -0.39 is 17.3 Å². The number of carbonyl (C=O) groups excluding carboxylic acids is 1. The Balaban J connectivity index is 2.27. The van der Waals surface area contributed by atoms with E-state index in [0.29, 0.717) is 5.69 Å². The minimum atomic E-state index is -4.48. The zero-order valence-corrected chi connectivity index (χ0v) is 14.6. The second kappa shape index (κ2) is 6.92. The molecule has 1 heterocycles. The van der Waals surface area contributed by atoms with Gasteiger partial charge in [-0.2, -0.15) is 13.2 Å². The van der Waals surface area contributed by atoms with Crippen molar-refractivity contribution >= 4 is 28.9 Å². The van der Waals surface area contributed by atoms with Gasteiger partial charge in [0.15, 0.2) is 0 Å². The van der Waals surface area contributed by atoms with E-state index in [0.717, 1.165) is 18.2 Å². The third-order valence-electron chi connectivity index (χ3n) is 3.06. The molecule has 1 amide bonds. The number of pyridine rings is 1. The van der Waals surface area contributed by atoms with Crippen molar-refractivity contribution in [1.82, 2.24) is 10.3 Å². The van der Waals surface area contributed by atoms with Crippen LogP contribution >= 0.6 is 11.6 Å². The Kier molecular flexibility index (Phi) is 5.27. The van der Waals surface area contributed by atoms with Gasteiger partial charge in [0.1, 0.15) is 0 Å². The van der Waals surface area contributed by atoms with Gasteiger partial charge in [-0.05, 0) is 45.0 Å². The van der Waals surface area contributed by atoms with Crippen molar-refractivity contribution < 1.29 is 18.0 Å². The molecule has 0 radical (unpaired) electrons. The Morgan fingerprint density at radius 2 is 1.80 bits per heavy atom. The number of anilines is 2. The first-order chi connectivity index (χ1) is 11.5. The van der Waals surface area contributed by atoms with Gasteiger partial charge in [-0.1, -0.05) is 11.6 Å². The molecule has 2 N–H and O–H groups in total. The molecule has 2 aromatic rings. The van der Waals surface area contributed by atoms with Crippen LogP contribution in [0.2, 0.25) is 5.02 Å². The molecule has 0 spiro atoms. The van der Waals surface area contributed by atoms with E-state index in [1.807, 2.05) is 20.8 Å². The van der Waals surface area contributed by atoms with Crippen molar-refractivity contribution in [2.45, 2.75) is 32.5 Å². The molecule has 0 fully saturated rings. The summed E-state index contributed by atoms with van der Waals surface area (Å²) in [4.78, 5) is 16.1. The highest BCUT2D eigenvalue weighted by Crippen LogP contribution is 2.34. The fourth-order valence-corrected chi connectivity index (χ4v) is 2.16. The number of nitrogens with one attached hydrogen (secondary N) is 2. The summed E-state index contributed by atoms with van der Waals surface area (Å²) in [6, 6.07) is 4.46. The average molecular weight is 372 g/mol. The number of halogens is 4. The molecule has 0 saturated heterocycles. The van der Waals surface area contributed by atoms with Gasteiger partial charge >= 0.3 is 6.18 Å². The molecule has 0 unspecified atom stereocenters. The zero-order chi connectivity index (χ0) is 18.8. The monoisotopic (exact) mass is 371 g/mol. The summed E-state index contributed by atoms with van der Waals surface area (Å²) in [5, 5.41) is 5.68. The molecule has 25 heavy (non-hydrogen) atoms. The molecule has 0 aliphatic carbocycles. The number of rotatable bonds is 3. The van der Waals surface area contributed by atoms with Crippen molar-refractivity contribution in [3.63, 3.8) is 0 Å². The highest BCUT2D eigenvalue weighted by Gasteiger charge is 2.31. The topological polar surface area (TPSA) is 54.0 Å². The minimum absolute atomic E-state index is 0.0756. The van der Waals surface area contributed by atoms with Crippen LogP contribution in [-0.4, -0.2) is 16.4 Å². The number of alkyl halides is 3. The molecule has 0 aliphatic rings. The lowest BCUT2D eigenvalue weighted by Crippen LogP contribution is -2.40. The molecular weight excluding hydrogens is 355 g/mol. The van der Waals surface area contributed by atoms with Crippen LogP contribution in [0.4, 0.5) is 24.5 Å². The van der Waals surface area contributed by atoms with Crippen LogP contribution < -0.4 is 10.6 Å². The van der Waals surface area contributed by atoms with Crippen LogP contribution in [0, 0.1) is 0 Å². The van der Waals surface area contributed by atoms with Gasteiger partial charge in [0, 0.05) is 11.7 Å². The summed E-state index contributed by atoms with van der Waals surface area (Å²) < 4.78 is 38.5. The van der Waals surface area contributed by atoms with Crippen LogP contribution in [0.15, 0.2) is 36.7 Å². The number of nitrogens with zero attached hydrogens (tertiary/aromatic N) is 1. The lowest BCUT2D eigenvalue weighted by molar-refractivity contribution is -0.137. The van der Waals surface area contributed by atoms with Gasteiger partial charge in [-0.25, -0.2) is 0 Å². The predicted molar refractivity (Wildman–Crippen MR) is 91.2 cm³/mol. The largest absolute Gasteiger partial charge is 0.416 e. The van der Waals surface area contributed by atoms with Gasteiger partial charge in [-0.15, -0.1) is 0 Å². The average Bonchev–Trinajstić information content (AvgIpc) is 2.47. The van der Waals surface area contributed by atoms with Crippen LogP contribution in [0.1, 0.15) is 36.7 Å². The standard InChI is InChI=1S/C17H17ClF3N3O/c1-16(2,3)24-15(25)10-6-12(9-22-8-10)23-14-7-11(17(19,20)21)4-5-13(14)18/h4-9,23H,1-3H3,(H,24,25). The first-order valence-electron chi connectivity index (χ1n) is 7.37. The molecule has 1 aromatic carbocycles. The Morgan fingerprint density at radius 1 is 1.12 bits per heavy atom. The highest BCUT2D eigenvalue weighted by atomic mass is 35.5. The normalized spacial score (nSPS) is 12.0. The quantitative estimate of drug-likeness (QED) is 0.796. The molecule has 2 rings (SSSR count). The fourth-order valence-electron chi connectivity index (χ4n) is 2.00. The summed E-state index contributed by atoms with van der Waals surface area (Å²) >= 11 is 5.96. The Labute approximate surface area is 148 Å². The van der Waals surface area contributed by atoms with Crippen LogP contribution in [0.25, 0.3) is 0 Å². The molecule has 0 bridgehead atoms. The third kappa shape index (κ3) is 5.35. The Hall–Kier alpha value is -2.28. The van der Waals surface area contributed by atoms with Crippen molar-refractivity contribution in [3.8, 4) is 0 Å². The van der Waals surface area contributed by atoms with E-state index >= 15 is 0 Å². The summed E-state index contributed by atoms with van der Waals surface area (Å²) in [6.07, 6.45) is -1.71. The molecule has 4 nitrogen and oxygen atoms in total. The smallest absolute Gasteiger partial charge is 0.353 e. The van der Waals surface area contributed by atoms with Crippen molar-refractivity contribution in [2.24, 2.45) is 0 Å². The number of hydrogen-bond donors (Lipinski definition) is 2. The number of amides is 1. The van der Waals surface area contributed by atoms with Crippen LogP contribution in [0.5, 0.6) is 0 Å². The van der Waals surface area contributed by atoms with E-state index in [9.17, 15) is 18.0 Å². The number of hydrogen-bond acceptors (Lipinski definition) is 3. The number of carbonyl (C=O) groups is 1. The van der Waals surface area contributed by atoms with E-state index in [1.54, 1.807) is 0 Å². The highest BCUT2D eigenvalue weighted by molar-refractivity contribution is 6.33. The first kappa shape index (κ1) is 19.1. The van der Waals surface area contributed by atoms with Crippen molar-refractivity contribution in [2.75, 3.05) is 5.32 Å². The zero-order valence-electron chi connectivity index (χ0n) is 13.8. The lowest BCUT2D eigenvalue weighted by Gasteiger charge is -2.20. The van der Waals surface area contributed by atoms with Crippen LogP contribution in [0.3, 0.4) is 0 Å². The van der Waals surface area contributed by atoms with Gasteiger partial charge in [-0.3, -0.25) is 9.78 Å². The molecule has 8 heteroatoms. The molecule has 0 atom stereocenters. The molecule has 0 saturated carbocycles. The molecule has 1 aromatic heterocycles. The van der Waals surface area contributed by atoms with Gasteiger partial charge in [0.25, 0.3) is 5.91 Å². The number of aromatic nitrogens is 1. The maximum atomic E-state index is 12.8. The van der Waals surface area contributed by atoms with E-state index in [-0.39, 0.29) is 22.2 Å². The molecule has 0 aliphatic heterocycles. The summed E-state index contributed by atoms with van der Waals surface area (Å²) in [6.45, 7) is 5.51. The summed E-state index contributed by atoms with van der Waals surface area (Å²) in [5.41, 5.74) is -0.545. The Morgan fingerprint density at radius 3 is 2.40 bits per heavy atom. The number of benzene rings is 1. The second-order valence-electron chi connectivity index (χ2n) is 6.48. The third-order valence-corrected chi connectivity index (χ3v) is 3.39.